The molecule has 2 aliphatic rings. The van der Waals surface area contributed by atoms with Gasteiger partial charge in [-0.15, -0.1) is 0 Å². The van der Waals surface area contributed by atoms with Gasteiger partial charge in [-0.1, -0.05) is 0 Å². The van der Waals surface area contributed by atoms with E-state index in [1.165, 1.54) is 25.7 Å². The van der Waals surface area contributed by atoms with Crippen molar-refractivity contribution in [3.05, 3.63) is 41.0 Å². The Hall–Kier alpha value is 0.423. The minimum Gasteiger partial charge on any atom is -1.00 e. The second-order valence-corrected chi connectivity index (χ2v) is 11.6. The van der Waals surface area contributed by atoms with Crippen LogP contribution >= 0.6 is 0 Å². The van der Waals surface area contributed by atoms with Gasteiger partial charge in [-0.3, -0.25) is 0 Å². The van der Waals surface area contributed by atoms with E-state index in [1.54, 1.807) is 28.9 Å². The molecule has 0 aliphatic heterocycles. The monoisotopic (exact) mass is 458 g/mol. The van der Waals surface area contributed by atoms with Gasteiger partial charge in [0.1, 0.15) is 0 Å². The Morgan fingerprint density at radius 1 is 0.760 bits per heavy atom. The van der Waals surface area contributed by atoms with Crippen molar-refractivity contribution in [2.75, 3.05) is 0 Å². The van der Waals surface area contributed by atoms with E-state index in [9.17, 15) is 0 Å². The molecule has 25 heavy (non-hydrogen) atoms. The zero-order valence-corrected chi connectivity index (χ0v) is 21.2. The Morgan fingerprint density at radius 3 is 1.36 bits per heavy atom. The summed E-state index contributed by atoms with van der Waals surface area (Å²) in [6.45, 7) is 19.2. The largest absolute Gasteiger partial charge is 1.00 e. The molecule has 0 saturated carbocycles. The first-order valence-corrected chi connectivity index (χ1v) is 11.7. The van der Waals surface area contributed by atoms with E-state index < -0.39 is 23.2 Å². The van der Waals surface area contributed by atoms with Crippen LogP contribution in [0.3, 0.4) is 0 Å². The van der Waals surface area contributed by atoms with Crippen LogP contribution < -0.4 is 24.8 Å². The first-order valence-electron chi connectivity index (χ1n) is 9.22. The standard InChI is InChI=1S/2C11H17.2ClH.Zr/c2*1-5-11(3,4)10-7-6-9(2)8-10;;;/h2*7H,5-6H2,1-4H3;2*1H;/q;;;;+2/p-2. The van der Waals surface area contributed by atoms with E-state index in [0.29, 0.717) is 10.8 Å². The van der Waals surface area contributed by atoms with Crippen molar-refractivity contribution < 1.29 is 48.0 Å². The fraction of sp³-hybridized carbons (Fsp3) is 0.636. The van der Waals surface area contributed by atoms with Gasteiger partial charge in [0.25, 0.3) is 0 Å². The molecule has 0 aromatic carbocycles. The first kappa shape index (κ1) is 25.4. The van der Waals surface area contributed by atoms with Crippen LogP contribution in [0.2, 0.25) is 0 Å². The number of hydrogen-bond acceptors (Lipinski definition) is 0. The van der Waals surface area contributed by atoms with E-state index in [1.807, 2.05) is 0 Å². The van der Waals surface area contributed by atoms with Crippen molar-refractivity contribution >= 4 is 0 Å². The van der Waals surface area contributed by atoms with Gasteiger partial charge >= 0.3 is 156 Å². The maximum atomic E-state index is 2.54. The molecule has 3 heteroatoms. The Kier molecular flexibility index (Phi) is 9.73. The van der Waals surface area contributed by atoms with E-state index in [-0.39, 0.29) is 24.8 Å². The molecule has 140 valence electrons. The molecule has 0 amide bonds. The second kappa shape index (κ2) is 9.57. The summed E-state index contributed by atoms with van der Waals surface area (Å²) in [6.07, 6.45) is 9.92. The smallest absolute Gasteiger partial charge is 1.00 e. The molecule has 0 spiro atoms. The third kappa shape index (κ3) is 5.24. The number of allylic oxidation sites excluding steroid dienone is 8. The average Bonchev–Trinajstić information content (AvgIpc) is 3.05. The van der Waals surface area contributed by atoms with Crippen molar-refractivity contribution in [2.45, 2.75) is 81.1 Å². The normalized spacial score (nSPS) is 17.8. The molecule has 0 unspecified atom stereocenters. The first-order chi connectivity index (χ1) is 10.6. The van der Waals surface area contributed by atoms with Crippen molar-refractivity contribution in [1.29, 1.82) is 0 Å². The molecule has 0 aromatic heterocycles. The van der Waals surface area contributed by atoms with Gasteiger partial charge in [-0.2, -0.15) is 0 Å². The fourth-order valence-corrected chi connectivity index (χ4v) is 8.45. The van der Waals surface area contributed by atoms with Crippen molar-refractivity contribution in [3.8, 4) is 0 Å². The molecule has 2 rings (SSSR count). The Bertz CT molecular complexity index is 562. The van der Waals surface area contributed by atoms with Crippen molar-refractivity contribution in [1.82, 2.24) is 0 Å². The summed E-state index contributed by atoms with van der Waals surface area (Å²) in [5.41, 5.74) is 7.37. The molecule has 0 N–H and O–H groups in total. The average molecular weight is 461 g/mol. The van der Waals surface area contributed by atoms with Gasteiger partial charge in [0, 0.05) is 0 Å². The predicted octanol–water partition coefficient (Wildman–Crippen LogP) is 1.16. The van der Waals surface area contributed by atoms with Crippen LogP contribution in [-0.4, -0.2) is 0 Å². The maximum absolute atomic E-state index is 2.54. The summed E-state index contributed by atoms with van der Waals surface area (Å²) in [7, 11) is 0. The van der Waals surface area contributed by atoms with E-state index >= 15 is 0 Å². The zero-order valence-electron chi connectivity index (χ0n) is 17.2. The third-order valence-electron chi connectivity index (χ3n) is 6.09. The van der Waals surface area contributed by atoms with E-state index in [0.717, 1.165) is 0 Å². The molecule has 0 heterocycles. The topological polar surface area (TPSA) is 0 Å². The summed E-state index contributed by atoms with van der Waals surface area (Å²) < 4.78 is 3.60. The van der Waals surface area contributed by atoms with Crippen LogP contribution in [0.15, 0.2) is 41.0 Å². The molecule has 0 saturated heterocycles. The molecule has 0 atom stereocenters. The third-order valence-corrected chi connectivity index (χ3v) is 10.7. The number of rotatable bonds is 6. The Morgan fingerprint density at radius 2 is 1.08 bits per heavy atom. The van der Waals surface area contributed by atoms with Crippen molar-refractivity contribution in [3.63, 3.8) is 0 Å². The zero-order chi connectivity index (χ0) is 17.4. The molecule has 2 aliphatic carbocycles. The minimum atomic E-state index is -0.722. The summed E-state index contributed by atoms with van der Waals surface area (Å²) in [5.74, 6) is 0. The Balaban J connectivity index is 0.00000288. The fourth-order valence-electron chi connectivity index (χ4n) is 3.46. The van der Waals surface area contributed by atoms with Gasteiger partial charge in [0.2, 0.25) is 0 Å². The summed E-state index contributed by atoms with van der Waals surface area (Å²) in [5, 5.41) is 0. The quantitative estimate of drug-likeness (QED) is 0.558. The van der Waals surface area contributed by atoms with Gasteiger partial charge < -0.3 is 24.8 Å². The van der Waals surface area contributed by atoms with Crippen LogP contribution in [0.5, 0.6) is 0 Å². The van der Waals surface area contributed by atoms with Crippen LogP contribution in [0, 0.1) is 10.8 Å². The molecular formula is C22H34Cl2Zr. The van der Waals surface area contributed by atoms with E-state index in [4.69, 9.17) is 0 Å². The van der Waals surface area contributed by atoms with Crippen LogP contribution in [0.1, 0.15) is 81.1 Å². The number of halogens is 2. The van der Waals surface area contributed by atoms with Gasteiger partial charge in [-0.25, -0.2) is 0 Å². The molecule has 0 radical (unpaired) electrons. The summed E-state index contributed by atoms with van der Waals surface area (Å²) >= 11 is -0.722. The Labute approximate surface area is 180 Å². The molecule has 0 fully saturated rings. The van der Waals surface area contributed by atoms with Crippen LogP contribution in [-0.2, 0) is 23.2 Å². The molecule has 0 nitrogen and oxygen atoms in total. The van der Waals surface area contributed by atoms with Crippen LogP contribution in [0.4, 0.5) is 0 Å². The molecule has 0 aromatic rings. The second-order valence-electron chi connectivity index (χ2n) is 8.55. The minimum absolute atomic E-state index is 0. The van der Waals surface area contributed by atoms with Gasteiger partial charge in [0.15, 0.2) is 0 Å². The molecule has 0 bridgehead atoms. The van der Waals surface area contributed by atoms with E-state index in [2.05, 4.69) is 67.5 Å². The van der Waals surface area contributed by atoms with Gasteiger partial charge in [0.05, 0.1) is 0 Å². The van der Waals surface area contributed by atoms with Crippen molar-refractivity contribution in [2.24, 2.45) is 10.8 Å². The van der Waals surface area contributed by atoms with Gasteiger partial charge in [-0.05, 0) is 0 Å². The molecular weight excluding hydrogens is 426 g/mol. The SMILES string of the molecule is CCC(C)(C)C1=CCC(C)=[C]1[Zr+2][C]1=C(C)CC=C1C(C)(C)CC.[Cl-].[Cl-]. The number of hydrogen-bond donors (Lipinski definition) is 0. The maximum Gasteiger partial charge on any atom is -1.00 e. The summed E-state index contributed by atoms with van der Waals surface area (Å²) in [4.78, 5) is 0. The van der Waals surface area contributed by atoms with Crippen LogP contribution in [0.25, 0.3) is 0 Å². The summed E-state index contributed by atoms with van der Waals surface area (Å²) in [6, 6.07) is 0. The predicted molar refractivity (Wildman–Crippen MR) is 98.9 cm³/mol.